The SMILES string of the molecule is Cc1occc1-c1nnc(SCC(=O)NC(=O)NCCC(C)C)o1. The molecule has 2 aromatic rings. The minimum atomic E-state index is -0.499. The highest BCUT2D eigenvalue weighted by molar-refractivity contribution is 7.99. The van der Waals surface area contributed by atoms with E-state index in [9.17, 15) is 9.59 Å². The number of nitrogens with zero attached hydrogens (tertiary/aromatic N) is 2. The lowest BCUT2D eigenvalue weighted by Gasteiger charge is -2.07. The van der Waals surface area contributed by atoms with Gasteiger partial charge in [0, 0.05) is 6.54 Å². The number of carbonyl (C=O) groups excluding carboxylic acids is 2. The molecule has 2 aromatic heterocycles. The third-order valence-electron chi connectivity index (χ3n) is 3.08. The minimum Gasteiger partial charge on any atom is -0.469 e. The Morgan fingerprint density at radius 2 is 2.12 bits per heavy atom. The van der Waals surface area contributed by atoms with Crippen molar-refractivity contribution in [3.05, 3.63) is 18.1 Å². The highest BCUT2D eigenvalue weighted by Gasteiger charge is 2.15. The van der Waals surface area contributed by atoms with Gasteiger partial charge in [0.15, 0.2) is 0 Å². The summed E-state index contributed by atoms with van der Waals surface area (Å²) in [6, 6.07) is 1.23. The van der Waals surface area contributed by atoms with E-state index in [0.717, 1.165) is 18.2 Å². The zero-order valence-corrected chi connectivity index (χ0v) is 14.6. The van der Waals surface area contributed by atoms with E-state index in [1.807, 2.05) is 0 Å². The first kappa shape index (κ1) is 18.1. The quantitative estimate of drug-likeness (QED) is 0.737. The molecule has 0 unspecified atom stereocenters. The molecule has 0 aromatic carbocycles. The standard InChI is InChI=1S/C15H20N4O4S/c1-9(2)4-6-16-14(21)17-12(20)8-24-15-19-18-13(23-15)11-5-7-22-10(11)3/h5,7,9H,4,6,8H2,1-3H3,(H2,16,17,20,21). The smallest absolute Gasteiger partial charge is 0.321 e. The van der Waals surface area contributed by atoms with Crippen molar-refractivity contribution in [2.24, 2.45) is 5.92 Å². The van der Waals surface area contributed by atoms with Gasteiger partial charge in [0.1, 0.15) is 5.76 Å². The molecule has 2 rings (SSSR count). The summed E-state index contributed by atoms with van der Waals surface area (Å²) in [6.07, 6.45) is 2.39. The molecule has 0 saturated carbocycles. The number of thioether (sulfide) groups is 1. The second kappa shape index (κ2) is 8.53. The molecule has 9 heteroatoms. The molecule has 0 radical (unpaired) electrons. The molecule has 0 saturated heterocycles. The number of hydrogen-bond donors (Lipinski definition) is 2. The van der Waals surface area contributed by atoms with Gasteiger partial charge in [-0.3, -0.25) is 10.1 Å². The monoisotopic (exact) mass is 352 g/mol. The Hall–Kier alpha value is -2.29. The number of imide groups is 1. The van der Waals surface area contributed by atoms with Crippen molar-refractivity contribution < 1.29 is 18.4 Å². The molecular weight excluding hydrogens is 332 g/mol. The van der Waals surface area contributed by atoms with Gasteiger partial charge in [-0.25, -0.2) is 4.79 Å². The van der Waals surface area contributed by atoms with Crippen LogP contribution >= 0.6 is 11.8 Å². The minimum absolute atomic E-state index is 0.00357. The molecule has 8 nitrogen and oxygen atoms in total. The number of carbonyl (C=O) groups is 2. The molecule has 2 N–H and O–H groups in total. The first-order valence-corrected chi connectivity index (χ1v) is 8.52. The summed E-state index contributed by atoms with van der Waals surface area (Å²) < 4.78 is 10.6. The maximum atomic E-state index is 11.7. The van der Waals surface area contributed by atoms with Crippen molar-refractivity contribution in [2.45, 2.75) is 32.4 Å². The van der Waals surface area contributed by atoms with Crippen LogP contribution in [-0.2, 0) is 4.79 Å². The molecule has 0 spiro atoms. The Morgan fingerprint density at radius 1 is 1.33 bits per heavy atom. The first-order chi connectivity index (χ1) is 11.5. The van der Waals surface area contributed by atoms with Crippen LogP contribution in [0.15, 0.2) is 26.4 Å². The number of rotatable bonds is 7. The topological polar surface area (TPSA) is 110 Å². The molecule has 0 aliphatic carbocycles. The average Bonchev–Trinajstić information content (AvgIpc) is 3.13. The molecule has 0 atom stereocenters. The summed E-state index contributed by atoms with van der Waals surface area (Å²) in [5, 5.41) is 12.9. The zero-order chi connectivity index (χ0) is 17.5. The zero-order valence-electron chi connectivity index (χ0n) is 13.8. The van der Waals surface area contributed by atoms with Crippen LogP contribution in [0, 0.1) is 12.8 Å². The Bertz CT molecular complexity index is 695. The summed E-state index contributed by atoms with van der Waals surface area (Å²) >= 11 is 1.06. The Morgan fingerprint density at radius 3 is 2.79 bits per heavy atom. The Balaban J connectivity index is 1.75. The fourth-order valence-corrected chi connectivity index (χ4v) is 2.36. The fourth-order valence-electron chi connectivity index (χ4n) is 1.79. The van der Waals surface area contributed by atoms with Crippen LogP contribution in [-0.4, -0.2) is 34.4 Å². The van der Waals surface area contributed by atoms with E-state index in [1.165, 1.54) is 6.26 Å². The lowest BCUT2D eigenvalue weighted by atomic mass is 10.1. The number of aryl methyl sites for hydroxylation is 1. The summed E-state index contributed by atoms with van der Waals surface area (Å²) in [4.78, 5) is 23.2. The maximum Gasteiger partial charge on any atom is 0.321 e. The highest BCUT2D eigenvalue weighted by atomic mass is 32.2. The van der Waals surface area contributed by atoms with Gasteiger partial charge < -0.3 is 14.2 Å². The lowest BCUT2D eigenvalue weighted by molar-refractivity contribution is -0.117. The van der Waals surface area contributed by atoms with Crippen LogP contribution in [0.1, 0.15) is 26.0 Å². The molecule has 2 heterocycles. The van der Waals surface area contributed by atoms with Crippen molar-refractivity contribution in [3.8, 4) is 11.5 Å². The Labute approximate surface area is 143 Å². The highest BCUT2D eigenvalue weighted by Crippen LogP contribution is 2.26. The van der Waals surface area contributed by atoms with Gasteiger partial charge in [0.05, 0.1) is 17.6 Å². The maximum absolute atomic E-state index is 11.7. The van der Waals surface area contributed by atoms with E-state index in [0.29, 0.717) is 29.7 Å². The number of nitrogens with one attached hydrogen (secondary N) is 2. The average molecular weight is 352 g/mol. The summed E-state index contributed by atoms with van der Waals surface area (Å²) in [7, 11) is 0. The van der Waals surface area contributed by atoms with Gasteiger partial charge >= 0.3 is 6.03 Å². The molecule has 0 aliphatic heterocycles. The lowest BCUT2D eigenvalue weighted by Crippen LogP contribution is -2.40. The summed E-state index contributed by atoms with van der Waals surface area (Å²) in [5.41, 5.74) is 0.711. The van der Waals surface area contributed by atoms with Crippen molar-refractivity contribution in [3.63, 3.8) is 0 Å². The predicted molar refractivity (Wildman–Crippen MR) is 88.5 cm³/mol. The largest absolute Gasteiger partial charge is 0.469 e. The van der Waals surface area contributed by atoms with Crippen LogP contribution in [0.4, 0.5) is 4.79 Å². The fraction of sp³-hybridized carbons (Fsp3) is 0.467. The van der Waals surface area contributed by atoms with Crippen molar-refractivity contribution in [1.29, 1.82) is 0 Å². The number of hydrogen-bond acceptors (Lipinski definition) is 7. The van der Waals surface area contributed by atoms with Crippen LogP contribution in [0.3, 0.4) is 0 Å². The van der Waals surface area contributed by atoms with Crippen molar-refractivity contribution in [2.75, 3.05) is 12.3 Å². The van der Waals surface area contributed by atoms with Gasteiger partial charge in [-0.15, -0.1) is 10.2 Å². The third-order valence-corrected chi connectivity index (χ3v) is 3.90. The first-order valence-electron chi connectivity index (χ1n) is 7.54. The molecular formula is C15H20N4O4S. The Kier molecular flexibility index (Phi) is 6.42. The van der Waals surface area contributed by atoms with Gasteiger partial charge in [0.25, 0.3) is 11.1 Å². The second-order valence-corrected chi connectivity index (χ2v) is 6.47. The van der Waals surface area contributed by atoms with E-state index >= 15 is 0 Å². The van der Waals surface area contributed by atoms with Crippen molar-refractivity contribution >= 4 is 23.7 Å². The predicted octanol–water partition coefficient (Wildman–Crippen LogP) is 2.60. The second-order valence-electron chi connectivity index (χ2n) is 5.54. The molecule has 3 amide bonds. The van der Waals surface area contributed by atoms with E-state index in [-0.39, 0.29) is 11.0 Å². The molecule has 0 fully saturated rings. The van der Waals surface area contributed by atoms with Crippen LogP contribution in [0.25, 0.3) is 11.5 Å². The molecule has 0 aliphatic rings. The van der Waals surface area contributed by atoms with E-state index in [1.54, 1.807) is 13.0 Å². The molecule has 24 heavy (non-hydrogen) atoms. The molecule has 130 valence electrons. The van der Waals surface area contributed by atoms with Crippen LogP contribution in [0.5, 0.6) is 0 Å². The summed E-state index contributed by atoms with van der Waals surface area (Å²) in [6.45, 7) is 6.44. The normalized spacial score (nSPS) is 10.8. The van der Waals surface area contributed by atoms with Gasteiger partial charge in [0.2, 0.25) is 5.91 Å². The van der Waals surface area contributed by atoms with Crippen LogP contribution in [0.2, 0.25) is 0 Å². The van der Waals surface area contributed by atoms with E-state index in [2.05, 4.69) is 34.7 Å². The van der Waals surface area contributed by atoms with Gasteiger partial charge in [-0.2, -0.15) is 0 Å². The van der Waals surface area contributed by atoms with Gasteiger partial charge in [-0.1, -0.05) is 25.6 Å². The number of furan rings is 1. The van der Waals surface area contributed by atoms with Crippen molar-refractivity contribution in [1.82, 2.24) is 20.8 Å². The third kappa shape index (κ3) is 5.41. The number of amides is 3. The summed E-state index contributed by atoms with van der Waals surface area (Å²) in [5.74, 6) is 1.06. The number of aromatic nitrogens is 2. The number of urea groups is 1. The molecule has 0 bridgehead atoms. The van der Waals surface area contributed by atoms with E-state index < -0.39 is 11.9 Å². The van der Waals surface area contributed by atoms with Crippen LogP contribution < -0.4 is 10.6 Å². The van der Waals surface area contributed by atoms with E-state index in [4.69, 9.17) is 8.83 Å². The van der Waals surface area contributed by atoms with Gasteiger partial charge in [-0.05, 0) is 25.3 Å².